The molecule has 0 spiro atoms. The molecule has 0 atom stereocenters. The van der Waals surface area contributed by atoms with Crippen molar-refractivity contribution in [2.24, 2.45) is 5.92 Å². The summed E-state index contributed by atoms with van der Waals surface area (Å²) in [6.07, 6.45) is 3.54. The predicted molar refractivity (Wildman–Crippen MR) is 86.3 cm³/mol. The van der Waals surface area contributed by atoms with E-state index in [1.165, 1.54) is 6.42 Å². The third kappa shape index (κ3) is 3.86. The highest BCUT2D eigenvalue weighted by molar-refractivity contribution is 6.33. The highest BCUT2D eigenvalue weighted by Gasteiger charge is 2.22. The highest BCUT2D eigenvalue weighted by Crippen LogP contribution is 2.34. The summed E-state index contributed by atoms with van der Waals surface area (Å²) in [6.45, 7) is 4.95. The van der Waals surface area contributed by atoms with Crippen molar-refractivity contribution in [3.05, 3.63) is 32.8 Å². The average molecular weight is 312 g/mol. The molecule has 6 heteroatoms. The van der Waals surface area contributed by atoms with Gasteiger partial charge in [0.25, 0.3) is 5.69 Å². The lowest BCUT2D eigenvalue weighted by molar-refractivity contribution is -0.384. The zero-order valence-corrected chi connectivity index (χ0v) is 13.3. The number of benzene rings is 1. The van der Waals surface area contributed by atoms with Gasteiger partial charge in [0.1, 0.15) is 5.02 Å². The first kappa shape index (κ1) is 16.0. The van der Waals surface area contributed by atoms with E-state index < -0.39 is 4.92 Å². The number of hydrogen-bond donors (Lipinski definition) is 1. The van der Waals surface area contributed by atoms with Gasteiger partial charge in [0.2, 0.25) is 0 Å². The maximum atomic E-state index is 10.9. The van der Waals surface area contributed by atoms with Gasteiger partial charge in [-0.2, -0.15) is 0 Å². The van der Waals surface area contributed by atoms with Crippen molar-refractivity contribution < 1.29 is 4.92 Å². The summed E-state index contributed by atoms with van der Waals surface area (Å²) < 4.78 is 0. The molecule has 1 aromatic carbocycles. The van der Waals surface area contributed by atoms with E-state index in [9.17, 15) is 10.1 Å². The van der Waals surface area contributed by atoms with E-state index in [1.807, 2.05) is 14.0 Å². The number of nitrogens with one attached hydrogen (secondary N) is 1. The van der Waals surface area contributed by atoms with Gasteiger partial charge in [-0.3, -0.25) is 10.1 Å². The zero-order valence-electron chi connectivity index (χ0n) is 12.6. The van der Waals surface area contributed by atoms with Gasteiger partial charge in [0.15, 0.2) is 0 Å². The molecule has 0 unspecified atom stereocenters. The molecule has 5 nitrogen and oxygen atoms in total. The molecule has 1 N–H and O–H groups in total. The first-order valence-corrected chi connectivity index (χ1v) is 7.74. The lowest BCUT2D eigenvalue weighted by atomic mass is 9.93. The van der Waals surface area contributed by atoms with Crippen LogP contribution in [-0.4, -0.2) is 31.6 Å². The Hall–Kier alpha value is -1.33. The fraction of sp³-hybridized carbons (Fsp3) is 0.600. The number of nitro benzene ring substituents is 1. The Morgan fingerprint density at radius 3 is 2.67 bits per heavy atom. The van der Waals surface area contributed by atoms with Crippen LogP contribution in [0.5, 0.6) is 0 Å². The Morgan fingerprint density at radius 2 is 2.10 bits per heavy atom. The number of nitro groups is 1. The lowest BCUT2D eigenvalue weighted by Crippen LogP contribution is -2.34. The molecule has 1 aromatic rings. The minimum atomic E-state index is -0.427. The zero-order chi connectivity index (χ0) is 15.4. The van der Waals surface area contributed by atoms with Crippen molar-refractivity contribution in [1.29, 1.82) is 0 Å². The summed E-state index contributed by atoms with van der Waals surface area (Å²) in [5.41, 5.74) is 1.93. The minimum Gasteiger partial charge on any atom is -0.371 e. The number of rotatable bonds is 5. The van der Waals surface area contributed by atoms with E-state index in [4.69, 9.17) is 11.6 Å². The van der Waals surface area contributed by atoms with Gasteiger partial charge in [0, 0.05) is 24.8 Å². The van der Waals surface area contributed by atoms with Crippen molar-refractivity contribution in [3.8, 4) is 0 Å². The smallest absolute Gasteiger partial charge is 0.288 e. The van der Waals surface area contributed by atoms with Gasteiger partial charge in [-0.25, -0.2) is 0 Å². The molecule has 1 fully saturated rings. The number of anilines is 1. The molecule has 0 aromatic heterocycles. The molecule has 1 heterocycles. The maximum Gasteiger partial charge on any atom is 0.288 e. The van der Waals surface area contributed by atoms with Gasteiger partial charge in [-0.1, -0.05) is 11.6 Å². The van der Waals surface area contributed by atoms with Crippen LogP contribution in [0.25, 0.3) is 0 Å². The van der Waals surface area contributed by atoms with Gasteiger partial charge in [-0.15, -0.1) is 0 Å². The molecule has 116 valence electrons. The molecule has 0 bridgehead atoms. The summed E-state index contributed by atoms with van der Waals surface area (Å²) in [7, 11) is 1.98. The highest BCUT2D eigenvalue weighted by atomic mass is 35.5. The van der Waals surface area contributed by atoms with E-state index in [2.05, 4.69) is 10.2 Å². The van der Waals surface area contributed by atoms with Crippen LogP contribution in [0.15, 0.2) is 12.1 Å². The normalized spacial score (nSPS) is 16.2. The standard InChI is InChI=1S/C15H22ClN3O2/c1-11-9-15(19(20)21)13(16)10-14(11)18-7-4-12(5-8-18)3-6-17-2/h9-10,12,17H,3-8H2,1-2H3. The quantitative estimate of drug-likeness (QED) is 0.669. The molecular formula is C15H22ClN3O2. The summed E-state index contributed by atoms with van der Waals surface area (Å²) in [4.78, 5) is 12.8. The van der Waals surface area contributed by atoms with E-state index in [0.29, 0.717) is 0 Å². The largest absolute Gasteiger partial charge is 0.371 e. The van der Waals surface area contributed by atoms with Gasteiger partial charge in [0.05, 0.1) is 4.92 Å². The summed E-state index contributed by atoms with van der Waals surface area (Å²) >= 11 is 6.04. The Labute approximate surface area is 130 Å². The summed E-state index contributed by atoms with van der Waals surface area (Å²) in [5.74, 6) is 0.766. The Bertz CT molecular complexity index is 514. The number of halogens is 1. The van der Waals surface area contributed by atoms with E-state index in [1.54, 1.807) is 12.1 Å². The molecule has 0 amide bonds. The van der Waals surface area contributed by atoms with Crippen LogP contribution in [0.4, 0.5) is 11.4 Å². The third-order valence-corrected chi connectivity index (χ3v) is 4.52. The van der Waals surface area contributed by atoms with Crippen LogP contribution in [0.3, 0.4) is 0 Å². The van der Waals surface area contributed by atoms with Crippen molar-refractivity contribution in [3.63, 3.8) is 0 Å². The second kappa shape index (κ2) is 7.09. The number of aryl methyl sites for hydroxylation is 1. The predicted octanol–water partition coefficient (Wildman–Crippen LogP) is 3.38. The van der Waals surface area contributed by atoms with Crippen LogP contribution in [-0.2, 0) is 0 Å². The minimum absolute atomic E-state index is 0.0122. The Kier molecular flexibility index (Phi) is 5.42. The lowest BCUT2D eigenvalue weighted by Gasteiger charge is -2.34. The Morgan fingerprint density at radius 1 is 1.43 bits per heavy atom. The van der Waals surface area contributed by atoms with E-state index >= 15 is 0 Å². The molecule has 2 rings (SSSR count). The van der Waals surface area contributed by atoms with Crippen LogP contribution >= 0.6 is 11.6 Å². The van der Waals surface area contributed by atoms with Crippen LogP contribution in [0, 0.1) is 23.0 Å². The second-order valence-electron chi connectivity index (χ2n) is 5.67. The first-order valence-electron chi connectivity index (χ1n) is 7.37. The summed E-state index contributed by atoms with van der Waals surface area (Å²) in [6, 6.07) is 3.31. The van der Waals surface area contributed by atoms with Crippen LogP contribution in [0.1, 0.15) is 24.8 Å². The van der Waals surface area contributed by atoms with Gasteiger partial charge < -0.3 is 10.2 Å². The molecule has 21 heavy (non-hydrogen) atoms. The van der Waals surface area contributed by atoms with Gasteiger partial charge in [-0.05, 0) is 57.3 Å². The van der Waals surface area contributed by atoms with Crippen molar-refractivity contribution >= 4 is 23.0 Å². The molecule has 0 aliphatic carbocycles. The fourth-order valence-electron chi connectivity index (χ4n) is 2.95. The number of piperidine rings is 1. The Balaban J connectivity index is 2.07. The maximum absolute atomic E-state index is 10.9. The molecular weight excluding hydrogens is 290 g/mol. The second-order valence-corrected chi connectivity index (χ2v) is 6.08. The molecule has 0 saturated carbocycles. The SMILES string of the molecule is CNCCC1CCN(c2cc(Cl)c([N+](=O)[O-])cc2C)CC1. The van der Waals surface area contributed by atoms with Crippen molar-refractivity contribution in [1.82, 2.24) is 5.32 Å². The van der Waals surface area contributed by atoms with Gasteiger partial charge >= 0.3 is 0 Å². The van der Waals surface area contributed by atoms with Crippen LogP contribution in [0.2, 0.25) is 5.02 Å². The summed E-state index contributed by atoms with van der Waals surface area (Å²) in [5, 5.41) is 14.3. The van der Waals surface area contributed by atoms with Crippen molar-refractivity contribution in [2.75, 3.05) is 31.6 Å². The number of hydrogen-bond acceptors (Lipinski definition) is 4. The molecule has 0 radical (unpaired) electrons. The molecule has 1 aliphatic heterocycles. The average Bonchev–Trinajstić information content (AvgIpc) is 2.47. The van der Waals surface area contributed by atoms with Crippen LogP contribution < -0.4 is 10.2 Å². The third-order valence-electron chi connectivity index (χ3n) is 4.22. The fourth-order valence-corrected chi connectivity index (χ4v) is 3.17. The number of nitrogens with zero attached hydrogens (tertiary/aromatic N) is 2. The first-order chi connectivity index (χ1) is 10.0. The monoisotopic (exact) mass is 311 g/mol. The molecule has 1 aliphatic rings. The van der Waals surface area contributed by atoms with E-state index in [0.717, 1.165) is 49.6 Å². The molecule has 1 saturated heterocycles. The van der Waals surface area contributed by atoms with E-state index in [-0.39, 0.29) is 10.7 Å². The topological polar surface area (TPSA) is 58.4 Å². The van der Waals surface area contributed by atoms with Crippen molar-refractivity contribution in [2.45, 2.75) is 26.2 Å².